The van der Waals surface area contributed by atoms with Gasteiger partial charge < -0.3 is 14.1 Å². The summed E-state index contributed by atoms with van der Waals surface area (Å²) in [4.78, 5) is 4.46. The Bertz CT molecular complexity index is 1150. The van der Waals surface area contributed by atoms with Gasteiger partial charge >= 0.3 is 10.1 Å². The predicted octanol–water partition coefficient (Wildman–Crippen LogP) is 4.33. The highest BCUT2D eigenvalue weighted by Crippen LogP contribution is 2.36. The third-order valence-electron chi connectivity index (χ3n) is 5.53. The number of piperidine rings is 1. The summed E-state index contributed by atoms with van der Waals surface area (Å²) in [6.45, 7) is 3.82. The molecule has 1 aliphatic heterocycles. The first kappa shape index (κ1) is 19.8. The van der Waals surface area contributed by atoms with Crippen LogP contribution in [0.1, 0.15) is 29.9 Å². The van der Waals surface area contributed by atoms with Gasteiger partial charge in [-0.1, -0.05) is 6.07 Å². The van der Waals surface area contributed by atoms with Gasteiger partial charge in [-0.05, 0) is 81.2 Å². The van der Waals surface area contributed by atoms with Crippen LogP contribution in [0, 0.1) is 18.6 Å². The molecule has 0 spiro atoms. The Labute approximate surface area is 168 Å². The second-order valence-electron chi connectivity index (χ2n) is 7.57. The third-order valence-corrected chi connectivity index (χ3v) is 6.83. The predicted molar refractivity (Wildman–Crippen MR) is 107 cm³/mol. The lowest BCUT2D eigenvalue weighted by molar-refractivity contribution is 0.256. The van der Waals surface area contributed by atoms with Crippen molar-refractivity contribution < 1.29 is 21.4 Å². The minimum Gasteiger partial charge on any atom is -0.379 e. The smallest absolute Gasteiger partial charge is 0.345 e. The number of hydrogen-bond donors (Lipinski definition) is 1. The van der Waals surface area contributed by atoms with Crippen molar-refractivity contribution in [3.8, 4) is 5.75 Å². The molecule has 8 heteroatoms. The van der Waals surface area contributed by atoms with Crippen LogP contribution in [0.4, 0.5) is 8.78 Å². The van der Waals surface area contributed by atoms with Crippen molar-refractivity contribution in [2.75, 3.05) is 20.1 Å². The number of nitrogens with one attached hydrogen (secondary N) is 1. The summed E-state index contributed by atoms with van der Waals surface area (Å²) in [5.41, 5.74) is 2.80. The van der Waals surface area contributed by atoms with Crippen molar-refractivity contribution in [3.63, 3.8) is 0 Å². The quantitative estimate of drug-likeness (QED) is 0.638. The van der Waals surface area contributed by atoms with Crippen LogP contribution in [0.2, 0.25) is 0 Å². The highest BCUT2D eigenvalue weighted by molar-refractivity contribution is 7.87. The van der Waals surface area contributed by atoms with E-state index in [1.54, 1.807) is 12.1 Å². The molecule has 4 rings (SSSR count). The number of aromatic amines is 1. The van der Waals surface area contributed by atoms with Crippen LogP contribution in [0.5, 0.6) is 5.75 Å². The molecule has 0 radical (unpaired) electrons. The van der Waals surface area contributed by atoms with Crippen molar-refractivity contribution in [3.05, 3.63) is 59.3 Å². The molecule has 1 fully saturated rings. The molecule has 2 aromatic carbocycles. The van der Waals surface area contributed by atoms with Crippen LogP contribution in [0.25, 0.3) is 10.9 Å². The lowest BCUT2D eigenvalue weighted by atomic mass is 9.89. The average molecular weight is 420 g/mol. The van der Waals surface area contributed by atoms with Gasteiger partial charge in [-0.2, -0.15) is 8.42 Å². The summed E-state index contributed by atoms with van der Waals surface area (Å²) >= 11 is 0. The van der Waals surface area contributed by atoms with Gasteiger partial charge in [-0.3, -0.25) is 0 Å². The SMILES string of the molecule is Cc1cc(OS(=O)(=O)c2c(F)cccc2F)cc2c(C3CCN(C)CC3)c[nH]c12. The molecule has 3 aromatic rings. The molecule has 1 aliphatic rings. The average Bonchev–Trinajstić information content (AvgIpc) is 3.06. The van der Waals surface area contributed by atoms with E-state index in [2.05, 4.69) is 16.9 Å². The van der Waals surface area contributed by atoms with Gasteiger partial charge in [0, 0.05) is 17.1 Å². The number of aryl methyl sites for hydroxylation is 1. The zero-order chi connectivity index (χ0) is 20.8. The number of likely N-dealkylation sites (tertiary alicyclic amines) is 1. The first-order chi connectivity index (χ1) is 13.8. The first-order valence-electron chi connectivity index (χ1n) is 9.45. The van der Waals surface area contributed by atoms with Crippen LogP contribution < -0.4 is 4.18 Å². The van der Waals surface area contributed by atoms with Crippen molar-refractivity contribution >= 4 is 21.0 Å². The number of halogens is 2. The Morgan fingerprint density at radius 1 is 1.14 bits per heavy atom. The molecular formula is C21H22F2N2O3S. The van der Waals surface area contributed by atoms with E-state index in [-0.39, 0.29) is 5.75 Å². The Morgan fingerprint density at radius 2 is 1.79 bits per heavy atom. The number of H-pyrrole nitrogens is 1. The lowest BCUT2D eigenvalue weighted by Gasteiger charge is -2.28. The Balaban J connectivity index is 1.72. The number of hydrogen-bond acceptors (Lipinski definition) is 4. The van der Waals surface area contributed by atoms with Gasteiger partial charge in [0.2, 0.25) is 0 Å². The highest BCUT2D eigenvalue weighted by atomic mass is 32.2. The summed E-state index contributed by atoms with van der Waals surface area (Å²) in [6, 6.07) is 6.06. The maximum Gasteiger partial charge on any atom is 0.345 e. The maximum absolute atomic E-state index is 14.0. The molecule has 0 amide bonds. The van der Waals surface area contributed by atoms with Gasteiger partial charge in [0.1, 0.15) is 17.4 Å². The fourth-order valence-corrected chi connectivity index (χ4v) is 5.04. The third kappa shape index (κ3) is 3.74. The standard InChI is InChI=1S/C21H22F2N2O3S/c1-13-10-15(28-29(26,27)21-18(22)4-3-5-19(21)23)11-16-17(12-24-20(13)16)14-6-8-25(2)9-7-14/h3-5,10-12,14,24H,6-9H2,1-2H3. The van der Waals surface area contributed by atoms with Crippen molar-refractivity contribution in [1.29, 1.82) is 0 Å². The van der Waals surface area contributed by atoms with Crippen LogP contribution in [-0.4, -0.2) is 38.4 Å². The molecule has 29 heavy (non-hydrogen) atoms. The second kappa shape index (κ2) is 7.42. The monoisotopic (exact) mass is 420 g/mol. The number of aromatic nitrogens is 1. The zero-order valence-corrected chi connectivity index (χ0v) is 17.0. The summed E-state index contributed by atoms with van der Waals surface area (Å²) in [6.07, 6.45) is 3.97. The van der Waals surface area contributed by atoms with Crippen molar-refractivity contribution in [1.82, 2.24) is 9.88 Å². The fraction of sp³-hybridized carbons (Fsp3) is 0.333. The van der Waals surface area contributed by atoms with E-state index in [0.29, 0.717) is 5.92 Å². The van der Waals surface area contributed by atoms with E-state index in [0.717, 1.165) is 66.2 Å². The highest BCUT2D eigenvalue weighted by Gasteiger charge is 2.27. The second-order valence-corrected chi connectivity index (χ2v) is 9.06. The van der Waals surface area contributed by atoms with Gasteiger partial charge in [0.05, 0.1) is 0 Å². The normalized spacial score (nSPS) is 16.4. The number of rotatable bonds is 4. The summed E-state index contributed by atoms with van der Waals surface area (Å²) in [7, 11) is -2.56. The van der Waals surface area contributed by atoms with Crippen LogP contribution in [0.3, 0.4) is 0 Å². The summed E-state index contributed by atoms with van der Waals surface area (Å²) < 4.78 is 58.1. The maximum atomic E-state index is 14.0. The molecule has 0 bridgehead atoms. The van der Waals surface area contributed by atoms with E-state index < -0.39 is 26.6 Å². The Hall–Kier alpha value is -2.45. The molecule has 0 unspecified atom stereocenters. The molecule has 1 saturated heterocycles. The van der Waals surface area contributed by atoms with Crippen LogP contribution >= 0.6 is 0 Å². The molecule has 0 atom stereocenters. The van der Waals surface area contributed by atoms with Crippen LogP contribution in [-0.2, 0) is 10.1 Å². The lowest BCUT2D eigenvalue weighted by Crippen LogP contribution is -2.29. The van der Waals surface area contributed by atoms with E-state index in [1.165, 1.54) is 0 Å². The number of benzene rings is 2. The molecule has 1 aromatic heterocycles. The van der Waals surface area contributed by atoms with E-state index in [4.69, 9.17) is 4.18 Å². The molecule has 5 nitrogen and oxygen atoms in total. The van der Waals surface area contributed by atoms with E-state index in [1.807, 2.05) is 13.1 Å². The molecular weight excluding hydrogens is 398 g/mol. The molecule has 1 N–H and O–H groups in total. The van der Waals surface area contributed by atoms with Gasteiger partial charge in [0.15, 0.2) is 4.90 Å². The molecule has 154 valence electrons. The van der Waals surface area contributed by atoms with Gasteiger partial charge in [-0.15, -0.1) is 0 Å². The topological polar surface area (TPSA) is 62.4 Å². The minimum absolute atomic E-state index is 0.0337. The zero-order valence-electron chi connectivity index (χ0n) is 16.2. The van der Waals surface area contributed by atoms with Crippen molar-refractivity contribution in [2.24, 2.45) is 0 Å². The fourth-order valence-electron chi connectivity index (χ4n) is 4.00. The molecule has 2 heterocycles. The Kier molecular flexibility index (Phi) is 5.08. The van der Waals surface area contributed by atoms with Gasteiger partial charge in [0.25, 0.3) is 0 Å². The van der Waals surface area contributed by atoms with Crippen LogP contribution in [0.15, 0.2) is 41.4 Å². The Morgan fingerprint density at radius 3 is 2.45 bits per heavy atom. The summed E-state index contributed by atoms with van der Waals surface area (Å²) in [5, 5.41) is 0.874. The van der Waals surface area contributed by atoms with E-state index >= 15 is 0 Å². The number of nitrogens with zero attached hydrogens (tertiary/aromatic N) is 1. The molecule has 0 aliphatic carbocycles. The summed E-state index contributed by atoms with van der Waals surface area (Å²) in [5.74, 6) is -1.98. The molecule has 0 saturated carbocycles. The number of fused-ring (bicyclic) bond motifs is 1. The largest absolute Gasteiger partial charge is 0.379 e. The van der Waals surface area contributed by atoms with E-state index in [9.17, 15) is 17.2 Å². The van der Waals surface area contributed by atoms with Crippen molar-refractivity contribution in [2.45, 2.75) is 30.6 Å². The van der Waals surface area contributed by atoms with Gasteiger partial charge in [-0.25, -0.2) is 8.78 Å². The minimum atomic E-state index is -4.66. The first-order valence-corrected chi connectivity index (χ1v) is 10.9.